The summed E-state index contributed by atoms with van der Waals surface area (Å²) in [6.07, 6.45) is 5.24. The molecule has 0 aromatic heterocycles. The van der Waals surface area contributed by atoms with E-state index >= 15 is 0 Å². The van der Waals surface area contributed by atoms with E-state index in [1.54, 1.807) is 23.1 Å². The fourth-order valence-corrected chi connectivity index (χ4v) is 1.62. The van der Waals surface area contributed by atoms with E-state index in [1.807, 2.05) is 13.8 Å². The minimum Gasteiger partial charge on any atom is -0.494 e. The Morgan fingerprint density at radius 1 is 1.44 bits per heavy atom. The van der Waals surface area contributed by atoms with Crippen LogP contribution in [0.3, 0.4) is 0 Å². The Labute approximate surface area is 108 Å². The summed E-state index contributed by atoms with van der Waals surface area (Å²) < 4.78 is 5.36. The number of nitrogens with zero attached hydrogens (tertiary/aromatic N) is 1. The minimum atomic E-state index is -0.135. The number of rotatable bonds is 5. The molecule has 96 valence electrons. The first-order valence-corrected chi connectivity index (χ1v) is 5.88. The number of carbonyl (C=O) groups excluding carboxylic acids is 1. The zero-order valence-corrected chi connectivity index (χ0v) is 10.8. The summed E-state index contributed by atoms with van der Waals surface area (Å²) in [5.74, 6) is 2.93. The van der Waals surface area contributed by atoms with Gasteiger partial charge in [0.15, 0.2) is 0 Å². The monoisotopic (exact) mass is 246 g/mol. The maximum Gasteiger partial charge on any atom is 0.254 e. The van der Waals surface area contributed by atoms with Crippen molar-refractivity contribution < 1.29 is 9.53 Å². The van der Waals surface area contributed by atoms with Gasteiger partial charge in [0.25, 0.3) is 5.91 Å². The second-order valence-corrected chi connectivity index (χ2v) is 3.75. The van der Waals surface area contributed by atoms with Crippen LogP contribution in [-0.4, -0.2) is 30.5 Å². The van der Waals surface area contributed by atoms with Crippen LogP contribution in [0.4, 0.5) is 5.69 Å². The van der Waals surface area contributed by atoms with Crippen molar-refractivity contribution in [1.29, 1.82) is 0 Å². The number of amides is 1. The van der Waals surface area contributed by atoms with Gasteiger partial charge in [0.2, 0.25) is 0 Å². The molecular formula is C14H18N2O2. The van der Waals surface area contributed by atoms with E-state index in [1.165, 1.54) is 0 Å². The number of hydrogen-bond donors (Lipinski definition) is 1. The average molecular weight is 246 g/mol. The second-order valence-electron chi connectivity index (χ2n) is 3.75. The number of hydrogen-bond acceptors (Lipinski definition) is 3. The molecular weight excluding hydrogens is 228 g/mol. The van der Waals surface area contributed by atoms with E-state index in [0.29, 0.717) is 30.2 Å². The average Bonchev–Trinajstić information content (AvgIpc) is 2.35. The lowest BCUT2D eigenvalue weighted by Gasteiger charge is -2.18. The van der Waals surface area contributed by atoms with Gasteiger partial charge in [-0.25, -0.2) is 0 Å². The Morgan fingerprint density at radius 3 is 2.72 bits per heavy atom. The maximum absolute atomic E-state index is 12.2. The normalized spacial score (nSPS) is 9.61. The molecule has 1 aromatic rings. The van der Waals surface area contributed by atoms with Crippen LogP contribution in [0.2, 0.25) is 0 Å². The van der Waals surface area contributed by atoms with Gasteiger partial charge in [-0.3, -0.25) is 4.79 Å². The lowest BCUT2D eigenvalue weighted by atomic mass is 10.1. The summed E-state index contributed by atoms with van der Waals surface area (Å²) in [5.41, 5.74) is 6.75. The van der Waals surface area contributed by atoms with E-state index in [-0.39, 0.29) is 12.5 Å². The number of anilines is 1. The molecule has 2 N–H and O–H groups in total. The Morgan fingerprint density at radius 2 is 2.17 bits per heavy atom. The summed E-state index contributed by atoms with van der Waals surface area (Å²) in [6, 6.07) is 5.00. The molecule has 4 nitrogen and oxygen atoms in total. The highest BCUT2D eigenvalue weighted by atomic mass is 16.5. The van der Waals surface area contributed by atoms with Crippen molar-refractivity contribution in [1.82, 2.24) is 4.90 Å². The fourth-order valence-electron chi connectivity index (χ4n) is 1.62. The van der Waals surface area contributed by atoms with Gasteiger partial charge in [0.05, 0.1) is 13.2 Å². The summed E-state index contributed by atoms with van der Waals surface area (Å²) in [6.45, 7) is 5.13. The number of ether oxygens (including phenoxy) is 1. The van der Waals surface area contributed by atoms with Gasteiger partial charge < -0.3 is 15.4 Å². The van der Waals surface area contributed by atoms with Crippen molar-refractivity contribution in [3.63, 3.8) is 0 Å². The summed E-state index contributed by atoms with van der Waals surface area (Å²) in [5, 5.41) is 0. The molecule has 0 unspecified atom stereocenters. The molecule has 0 bridgehead atoms. The van der Waals surface area contributed by atoms with Crippen molar-refractivity contribution >= 4 is 11.6 Å². The topological polar surface area (TPSA) is 55.6 Å². The molecule has 0 radical (unpaired) electrons. The smallest absolute Gasteiger partial charge is 0.254 e. The number of terminal acetylenes is 1. The van der Waals surface area contributed by atoms with E-state index in [0.717, 1.165) is 0 Å². The van der Waals surface area contributed by atoms with Crippen molar-refractivity contribution in [2.75, 3.05) is 25.4 Å². The van der Waals surface area contributed by atoms with Crippen molar-refractivity contribution in [2.45, 2.75) is 13.8 Å². The molecule has 0 aliphatic carbocycles. The summed E-state index contributed by atoms with van der Waals surface area (Å²) >= 11 is 0. The molecule has 1 amide bonds. The fraction of sp³-hybridized carbons (Fsp3) is 0.357. The molecule has 18 heavy (non-hydrogen) atoms. The molecule has 0 fully saturated rings. The van der Waals surface area contributed by atoms with E-state index in [4.69, 9.17) is 16.9 Å². The van der Waals surface area contributed by atoms with Crippen LogP contribution in [0.5, 0.6) is 5.75 Å². The second kappa shape index (κ2) is 6.55. The molecule has 0 saturated carbocycles. The highest BCUT2D eigenvalue weighted by Crippen LogP contribution is 2.20. The van der Waals surface area contributed by atoms with Gasteiger partial charge in [-0.15, -0.1) is 6.42 Å². The van der Waals surface area contributed by atoms with Gasteiger partial charge >= 0.3 is 0 Å². The third-order valence-electron chi connectivity index (χ3n) is 2.44. The summed E-state index contributed by atoms with van der Waals surface area (Å²) in [7, 11) is 0. The Hall–Kier alpha value is -2.15. The zero-order valence-electron chi connectivity index (χ0n) is 10.8. The first-order valence-electron chi connectivity index (χ1n) is 5.88. The highest BCUT2D eigenvalue weighted by Gasteiger charge is 2.14. The van der Waals surface area contributed by atoms with Gasteiger partial charge in [0.1, 0.15) is 5.75 Å². The first kappa shape index (κ1) is 13.9. The van der Waals surface area contributed by atoms with Gasteiger partial charge in [-0.05, 0) is 26.0 Å². The molecule has 1 aromatic carbocycles. The number of nitrogen functional groups attached to an aromatic ring is 1. The van der Waals surface area contributed by atoms with Crippen molar-refractivity contribution in [2.24, 2.45) is 0 Å². The molecule has 1 rings (SSSR count). The molecule has 0 heterocycles. The maximum atomic E-state index is 12.2. The van der Waals surface area contributed by atoms with Crippen molar-refractivity contribution in [3.8, 4) is 18.1 Å². The van der Waals surface area contributed by atoms with Crippen molar-refractivity contribution in [3.05, 3.63) is 23.8 Å². The minimum absolute atomic E-state index is 0.135. The van der Waals surface area contributed by atoms with Crippen LogP contribution in [-0.2, 0) is 0 Å². The lowest BCUT2D eigenvalue weighted by Crippen LogP contribution is -2.31. The standard InChI is InChI=1S/C14H18N2O2/c1-4-7-16(5-2)14(17)11-8-12(15)10-13(9-11)18-6-3/h1,8-10H,5-7,15H2,2-3H3. The highest BCUT2D eigenvalue weighted by molar-refractivity contribution is 5.95. The van der Waals surface area contributed by atoms with E-state index in [9.17, 15) is 4.79 Å². The predicted octanol–water partition coefficient (Wildman–Crippen LogP) is 1.76. The number of nitrogens with two attached hydrogens (primary N) is 1. The van der Waals surface area contributed by atoms with Gasteiger partial charge in [-0.2, -0.15) is 0 Å². The third-order valence-corrected chi connectivity index (χ3v) is 2.44. The lowest BCUT2D eigenvalue weighted by molar-refractivity contribution is 0.0784. The molecule has 0 spiro atoms. The molecule has 0 aliphatic heterocycles. The van der Waals surface area contributed by atoms with Crippen LogP contribution >= 0.6 is 0 Å². The zero-order chi connectivity index (χ0) is 13.5. The van der Waals surface area contributed by atoms with E-state index < -0.39 is 0 Å². The summed E-state index contributed by atoms with van der Waals surface area (Å²) in [4.78, 5) is 13.8. The van der Waals surface area contributed by atoms with Gasteiger partial charge in [0, 0.05) is 23.9 Å². The van der Waals surface area contributed by atoms with Crippen LogP contribution in [0.1, 0.15) is 24.2 Å². The Balaban J connectivity index is 3.01. The Bertz CT molecular complexity index is 463. The molecule has 4 heteroatoms. The molecule has 0 aliphatic rings. The predicted molar refractivity (Wildman–Crippen MR) is 72.4 cm³/mol. The van der Waals surface area contributed by atoms with E-state index in [2.05, 4.69) is 5.92 Å². The number of benzene rings is 1. The third kappa shape index (κ3) is 3.42. The molecule has 0 saturated heterocycles. The Kier molecular flexibility index (Phi) is 5.06. The number of carbonyl (C=O) groups is 1. The first-order chi connectivity index (χ1) is 8.62. The van der Waals surface area contributed by atoms with Crippen LogP contribution in [0.25, 0.3) is 0 Å². The molecule has 0 atom stereocenters. The van der Waals surface area contributed by atoms with Crippen LogP contribution in [0, 0.1) is 12.3 Å². The quantitative estimate of drug-likeness (QED) is 0.636. The SMILES string of the molecule is C#CCN(CC)C(=O)c1cc(N)cc(OCC)c1. The van der Waals surface area contributed by atoms with Crippen LogP contribution in [0.15, 0.2) is 18.2 Å². The van der Waals surface area contributed by atoms with Crippen LogP contribution < -0.4 is 10.5 Å². The van der Waals surface area contributed by atoms with Gasteiger partial charge in [-0.1, -0.05) is 5.92 Å². The largest absolute Gasteiger partial charge is 0.494 e.